The fourth-order valence-corrected chi connectivity index (χ4v) is 4.38. The second-order valence-corrected chi connectivity index (χ2v) is 8.62. The summed E-state index contributed by atoms with van der Waals surface area (Å²) in [6, 6.07) is 5.07. The van der Waals surface area contributed by atoms with Gasteiger partial charge in [0.1, 0.15) is 5.03 Å². The quantitative estimate of drug-likeness (QED) is 0.528. The van der Waals surface area contributed by atoms with Crippen LogP contribution >= 0.6 is 35.0 Å². The summed E-state index contributed by atoms with van der Waals surface area (Å²) in [6.07, 6.45) is 2.76. The number of likely N-dealkylation sites (N-methyl/N-ethyl adjacent to an activating group) is 1. The Morgan fingerprint density at radius 1 is 1.32 bits per heavy atom. The van der Waals surface area contributed by atoms with Crippen LogP contribution in [0.3, 0.4) is 0 Å². The van der Waals surface area contributed by atoms with Crippen LogP contribution in [0.15, 0.2) is 28.0 Å². The number of benzene rings is 1. The molecule has 0 fully saturated rings. The standard InChI is InChI=1S/C19H22Cl2N4O2S/c1-24(2)9-10-25-15-8-3-5-12(15)18(23-19(25)27)28-11-16(26)22-14-7-4-6-13(20)17(14)21/h4,6-7H,3,5,8-11H2,1-2H3,(H,22,26). The van der Waals surface area contributed by atoms with Crippen molar-refractivity contribution in [1.82, 2.24) is 14.5 Å². The fraction of sp³-hybridized carbons (Fsp3) is 0.421. The molecule has 0 aliphatic heterocycles. The molecule has 1 aliphatic carbocycles. The first-order valence-corrected chi connectivity index (χ1v) is 10.7. The third-order valence-corrected chi connectivity index (χ3v) is 6.37. The first kappa shape index (κ1) is 21.2. The SMILES string of the molecule is CN(C)CCn1c2c(c(SCC(=O)Nc3cccc(Cl)c3Cl)nc1=O)CCC2. The zero-order valence-electron chi connectivity index (χ0n) is 15.8. The Balaban J connectivity index is 1.72. The number of fused-ring (bicyclic) bond motifs is 1. The Morgan fingerprint density at radius 2 is 2.11 bits per heavy atom. The third kappa shape index (κ3) is 4.89. The van der Waals surface area contributed by atoms with Crippen molar-refractivity contribution in [3.8, 4) is 0 Å². The van der Waals surface area contributed by atoms with Crippen LogP contribution in [0.25, 0.3) is 0 Å². The van der Waals surface area contributed by atoms with Crippen LogP contribution in [0.2, 0.25) is 10.0 Å². The number of anilines is 1. The van der Waals surface area contributed by atoms with Crippen LogP contribution in [0, 0.1) is 0 Å². The van der Waals surface area contributed by atoms with Crippen LogP contribution in [-0.4, -0.2) is 46.8 Å². The average Bonchev–Trinajstić information content (AvgIpc) is 3.12. The normalized spacial score (nSPS) is 13.0. The molecular formula is C19H22Cl2N4O2S. The molecule has 0 unspecified atom stereocenters. The largest absolute Gasteiger partial charge is 0.348 e. The van der Waals surface area contributed by atoms with E-state index in [9.17, 15) is 9.59 Å². The number of carbonyl (C=O) groups is 1. The van der Waals surface area contributed by atoms with Gasteiger partial charge < -0.3 is 10.2 Å². The van der Waals surface area contributed by atoms with Gasteiger partial charge in [-0.25, -0.2) is 4.79 Å². The van der Waals surface area contributed by atoms with Gasteiger partial charge in [0.25, 0.3) is 0 Å². The number of rotatable bonds is 7. The number of amides is 1. The van der Waals surface area contributed by atoms with E-state index in [-0.39, 0.29) is 17.3 Å². The van der Waals surface area contributed by atoms with E-state index in [2.05, 4.69) is 10.3 Å². The molecule has 0 radical (unpaired) electrons. The lowest BCUT2D eigenvalue weighted by atomic mass is 10.2. The maximum absolute atomic E-state index is 12.5. The molecule has 1 N–H and O–H groups in total. The molecule has 1 heterocycles. The van der Waals surface area contributed by atoms with Crippen molar-refractivity contribution in [3.63, 3.8) is 0 Å². The molecule has 150 valence electrons. The Labute approximate surface area is 178 Å². The summed E-state index contributed by atoms with van der Waals surface area (Å²) in [7, 11) is 3.96. The molecule has 0 bridgehead atoms. The van der Waals surface area contributed by atoms with Crippen molar-refractivity contribution in [3.05, 3.63) is 50.0 Å². The van der Waals surface area contributed by atoms with Gasteiger partial charge in [0.2, 0.25) is 5.91 Å². The molecule has 1 aromatic carbocycles. The van der Waals surface area contributed by atoms with Gasteiger partial charge in [-0.15, -0.1) is 0 Å². The molecule has 0 spiro atoms. The van der Waals surface area contributed by atoms with Gasteiger partial charge in [0.15, 0.2) is 0 Å². The molecule has 1 amide bonds. The van der Waals surface area contributed by atoms with Crippen LogP contribution in [0.1, 0.15) is 17.7 Å². The summed E-state index contributed by atoms with van der Waals surface area (Å²) >= 11 is 13.4. The lowest BCUT2D eigenvalue weighted by Gasteiger charge is -2.16. The Kier molecular flexibility index (Phi) is 7.04. The van der Waals surface area contributed by atoms with Crippen molar-refractivity contribution in [1.29, 1.82) is 0 Å². The van der Waals surface area contributed by atoms with E-state index in [1.807, 2.05) is 19.0 Å². The Morgan fingerprint density at radius 3 is 2.86 bits per heavy atom. The lowest BCUT2D eigenvalue weighted by Crippen LogP contribution is -2.31. The molecule has 6 nitrogen and oxygen atoms in total. The summed E-state index contributed by atoms with van der Waals surface area (Å²) in [5.41, 5.74) is 2.37. The predicted octanol–water partition coefficient (Wildman–Crippen LogP) is 3.33. The average molecular weight is 441 g/mol. The van der Waals surface area contributed by atoms with Crippen molar-refractivity contribution in [2.45, 2.75) is 30.8 Å². The van der Waals surface area contributed by atoms with Gasteiger partial charge >= 0.3 is 5.69 Å². The van der Waals surface area contributed by atoms with E-state index in [1.165, 1.54) is 11.8 Å². The third-order valence-electron chi connectivity index (χ3n) is 4.54. The lowest BCUT2D eigenvalue weighted by molar-refractivity contribution is -0.113. The van der Waals surface area contributed by atoms with Gasteiger partial charge in [-0.1, -0.05) is 41.0 Å². The molecule has 9 heteroatoms. The molecule has 0 saturated heterocycles. The number of thioether (sulfide) groups is 1. The van der Waals surface area contributed by atoms with Gasteiger partial charge in [0, 0.05) is 24.3 Å². The first-order chi connectivity index (χ1) is 13.4. The summed E-state index contributed by atoms with van der Waals surface area (Å²) in [6.45, 7) is 1.41. The minimum absolute atomic E-state index is 0.142. The summed E-state index contributed by atoms with van der Waals surface area (Å²) in [5.74, 6) is -0.0804. The first-order valence-electron chi connectivity index (χ1n) is 9.00. The van der Waals surface area contributed by atoms with Crippen molar-refractivity contribution < 1.29 is 4.79 Å². The second kappa shape index (κ2) is 9.31. The minimum atomic E-state index is -0.247. The van der Waals surface area contributed by atoms with Crippen LogP contribution in [0.5, 0.6) is 0 Å². The van der Waals surface area contributed by atoms with Gasteiger partial charge in [-0.2, -0.15) is 4.98 Å². The number of nitrogens with one attached hydrogen (secondary N) is 1. The highest BCUT2D eigenvalue weighted by Gasteiger charge is 2.22. The van der Waals surface area contributed by atoms with Crippen LogP contribution in [0.4, 0.5) is 5.69 Å². The van der Waals surface area contributed by atoms with E-state index in [0.29, 0.717) is 27.3 Å². The molecule has 0 atom stereocenters. The van der Waals surface area contributed by atoms with Crippen molar-refractivity contribution in [2.24, 2.45) is 0 Å². The highest BCUT2D eigenvalue weighted by Crippen LogP contribution is 2.31. The maximum atomic E-state index is 12.5. The molecule has 1 aromatic heterocycles. The van der Waals surface area contributed by atoms with Crippen molar-refractivity contribution in [2.75, 3.05) is 31.7 Å². The molecule has 2 aromatic rings. The maximum Gasteiger partial charge on any atom is 0.348 e. The highest BCUT2D eigenvalue weighted by atomic mass is 35.5. The monoisotopic (exact) mass is 440 g/mol. The summed E-state index contributed by atoms with van der Waals surface area (Å²) < 4.78 is 1.78. The van der Waals surface area contributed by atoms with Crippen molar-refractivity contribution >= 4 is 46.6 Å². The number of hydrogen-bond donors (Lipinski definition) is 1. The van der Waals surface area contributed by atoms with E-state index in [1.54, 1.807) is 22.8 Å². The molecule has 0 saturated carbocycles. The molecule has 1 aliphatic rings. The van der Waals surface area contributed by atoms with Gasteiger partial charge in [0.05, 0.1) is 21.5 Å². The fourth-order valence-electron chi connectivity index (χ4n) is 3.16. The predicted molar refractivity (Wildman–Crippen MR) is 115 cm³/mol. The van der Waals surface area contributed by atoms with E-state index < -0.39 is 0 Å². The number of carbonyl (C=O) groups excluding carboxylic acids is 1. The van der Waals surface area contributed by atoms with Crippen LogP contribution < -0.4 is 11.0 Å². The zero-order valence-corrected chi connectivity index (χ0v) is 18.1. The van der Waals surface area contributed by atoms with Gasteiger partial charge in [-0.05, 0) is 45.5 Å². The minimum Gasteiger partial charge on any atom is -0.324 e. The zero-order chi connectivity index (χ0) is 20.3. The van der Waals surface area contributed by atoms with Gasteiger partial charge in [-0.3, -0.25) is 9.36 Å². The Hall–Kier alpha value is -1.54. The summed E-state index contributed by atoms with van der Waals surface area (Å²) in [4.78, 5) is 31.1. The van der Waals surface area contributed by atoms with E-state index >= 15 is 0 Å². The smallest absolute Gasteiger partial charge is 0.324 e. The second-order valence-electron chi connectivity index (χ2n) is 6.87. The Bertz CT molecular complexity index is 946. The number of hydrogen-bond acceptors (Lipinski definition) is 5. The van der Waals surface area contributed by atoms with E-state index in [4.69, 9.17) is 23.2 Å². The molecular weight excluding hydrogens is 419 g/mol. The van der Waals surface area contributed by atoms with E-state index in [0.717, 1.165) is 37.1 Å². The number of aromatic nitrogens is 2. The number of halogens is 2. The highest BCUT2D eigenvalue weighted by molar-refractivity contribution is 8.00. The summed E-state index contributed by atoms with van der Waals surface area (Å²) in [5, 5.41) is 4.11. The number of nitrogens with zero attached hydrogens (tertiary/aromatic N) is 3. The molecule has 3 rings (SSSR count). The molecule has 28 heavy (non-hydrogen) atoms. The topological polar surface area (TPSA) is 67.2 Å². The van der Waals surface area contributed by atoms with Crippen LogP contribution in [-0.2, 0) is 24.2 Å².